The van der Waals surface area contributed by atoms with E-state index in [2.05, 4.69) is 195 Å². The zero-order valence-electron chi connectivity index (χ0n) is 32.8. The molecule has 0 atom stereocenters. The summed E-state index contributed by atoms with van der Waals surface area (Å²) in [6, 6.07) is 71.5. The van der Waals surface area contributed by atoms with Crippen molar-refractivity contribution in [2.24, 2.45) is 0 Å². The van der Waals surface area contributed by atoms with Crippen LogP contribution in [0.3, 0.4) is 0 Å². The van der Waals surface area contributed by atoms with E-state index in [-0.39, 0.29) is 0 Å². The minimum atomic E-state index is 0.901. The maximum atomic E-state index is 6.42. The topological polar surface area (TPSA) is 29.5 Å². The van der Waals surface area contributed by atoms with Gasteiger partial charge < -0.3 is 13.7 Å². The van der Waals surface area contributed by atoms with E-state index in [1.54, 1.807) is 0 Å². The Balaban J connectivity index is 0.982. The fourth-order valence-corrected chi connectivity index (χ4v) is 8.80. The van der Waals surface area contributed by atoms with E-state index in [9.17, 15) is 0 Å². The second-order valence-corrected chi connectivity index (χ2v) is 15.5. The summed E-state index contributed by atoms with van der Waals surface area (Å²) in [5, 5.41) is 4.52. The summed E-state index contributed by atoms with van der Waals surface area (Å²) in [7, 11) is 0. The number of benzene rings is 9. The summed E-state index contributed by atoms with van der Waals surface area (Å²) in [5.41, 5.74) is 18.5. The smallest absolute Gasteiger partial charge is 0.143 e. The molecule has 0 N–H and O–H groups in total. The van der Waals surface area contributed by atoms with Crippen molar-refractivity contribution in [2.75, 3.05) is 4.90 Å². The van der Waals surface area contributed by atoms with Crippen LogP contribution >= 0.6 is 0 Å². The summed E-state index contributed by atoms with van der Waals surface area (Å²) in [5.74, 6) is 0. The maximum Gasteiger partial charge on any atom is 0.143 e. The second kappa shape index (κ2) is 14.1. The molecule has 11 rings (SSSR count). The molecule has 0 aliphatic carbocycles. The van der Waals surface area contributed by atoms with Crippen LogP contribution in [0.2, 0.25) is 0 Å². The molecule has 280 valence electrons. The van der Waals surface area contributed by atoms with Crippen LogP contribution in [-0.2, 0) is 0 Å². The Morgan fingerprint density at radius 1 is 0.305 bits per heavy atom. The van der Waals surface area contributed by atoms with Crippen molar-refractivity contribution in [1.29, 1.82) is 0 Å². The quantitative estimate of drug-likeness (QED) is 0.162. The predicted molar refractivity (Wildman–Crippen MR) is 247 cm³/mol. The second-order valence-electron chi connectivity index (χ2n) is 15.5. The number of hydrogen-bond acceptors (Lipinski definition) is 3. The average molecular weight is 758 g/mol. The van der Waals surface area contributed by atoms with Crippen LogP contribution in [0.4, 0.5) is 17.1 Å². The number of furan rings is 2. The van der Waals surface area contributed by atoms with Crippen LogP contribution in [0.25, 0.3) is 88.4 Å². The summed E-state index contributed by atoms with van der Waals surface area (Å²) < 4.78 is 12.8. The lowest BCUT2D eigenvalue weighted by Gasteiger charge is -2.26. The maximum absolute atomic E-state index is 6.42. The van der Waals surface area contributed by atoms with E-state index in [0.717, 1.165) is 83.2 Å². The summed E-state index contributed by atoms with van der Waals surface area (Å²) in [6.07, 6.45) is 0. The molecule has 2 heterocycles. The zero-order valence-corrected chi connectivity index (χ0v) is 32.8. The van der Waals surface area contributed by atoms with Gasteiger partial charge in [0.1, 0.15) is 22.3 Å². The molecule has 2 aromatic heterocycles. The molecule has 0 unspecified atom stereocenters. The monoisotopic (exact) mass is 757 g/mol. The van der Waals surface area contributed by atoms with Gasteiger partial charge in [0.25, 0.3) is 0 Å². The number of anilines is 3. The summed E-state index contributed by atoms with van der Waals surface area (Å²) >= 11 is 0. The van der Waals surface area contributed by atoms with Crippen molar-refractivity contribution in [3.8, 4) is 44.5 Å². The van der Waals surface area contributed by atoms with Crippen molar-refractivity contribution in [1.82, 2.24) is 0 Å². The minimum Gasteiger partial charge on any atom is -0.455 e. The molecule has 0 bridgehead atoms. The van der Waals surface area contributed by atoms with Gasteiger partial charge in [-0.1, -0.05) is 157 Å². The van der Waals surface area contributed by atoms with E-state index in [1.165, 1.54) is 33.4 Å². The molecule has 0 radical (unpaired) electrons. The molecule has 0 amide bonds. The van der Waals surface area contributed by atoms with Crippen LogP contribution in [0, 0.1) is 13.8 Å². The summed E-state index contributed by atoms with van der Waals surface area (Å²) in [6.45, 7) is 4.32. The van der Waals surface area contributed by atoms with Gasteiger partial charge in [0.05, 0.1) is 0 Å². The highest BCUT2D eigenvalue weighted by molar-refractivity contribution is 6.10. The molecule has 3 nitrogen and oxygen atoms in total. The highest BCUT2D eigenvalue weighted by Crippen LogP contribution is 2.41. The first kappa shape index (κ1) is 34.6. The molecule has 9 aromatic carbocycles. The van der Waals surface area contributed by atoms with Crippen molar-refractivity contribution in [3.05, 3.63) is 211 Å². The van der Waals surface area contributed by atoms with E-state index in [0.29, 0.717) is 0 Å². The molecule has 0 aliphatic rings. The SMILES string of the molecule is Cc1cc(C)cc(-c2cccc(-c3ccc(N(c4ccc(-c5cccc6c5oc5ccccc56)cc4)c4ccc(-c5cccc6c5oc5ccccc56)cc4)cc3)c2)c1. The first-order valence-corrected chi connectivity index (χ1v) is 20.1. The highest BCUT2D eigenvalue weighted by atomic mass is 16.3. The highest BCUT2D eigenvalue weighted by Gasteiger charge is 2.17. The van der Waals surface area contributed by atoms with Gasteiger partial charge in [-0.2, -0.15) is 0 Å². The van der Waals surface area contributed by atoms with Crippen molar-refractivity contribution in [3.63, 3.8) is 0 Å². The van der Waals surface area contributed by atoms with Gasteiger partial charge in [-0.25, -0.2) is 0 Å². The Labute approximate surface area is 343 Å². The van der Waals surface area contributed by atoms with Crippen LogP contribution in [-0.4, -0.2) is 0 Å². The van der Waals surface area contributed by atoms with Crippen LogP contribution in [0.15, 0.2) is 209 Å². The molecular formula is C56H39NO2. The standard InChI is InChI=1S/C56H39NO2/c1-36-32-37(2)34-43(33-36)42-11-7-10-41(35-42)38-20-26-44(27-21-38)57(45-28-22-39(23-29-45)47-14-8-16-51-49-12-3-5-18-53(49)58-55(47)51)46-30-24-40(25-31-46)48-15-9-17-52-50-13-4-6-19-54(50)59-56(48)52/h3-35H,1-2H3. The minimum absolute atomic E-state index is 0.901. The number of para-hydroxylation sites is 4. The number of fused-ring (bicyclic) bond motifs is 6. The number of aryl methyl sites for hydroxylation is 2. The van der Waals surface area contributed by atoms with E-state index in [1.807, 2.05) is 24.3 Å². The van der Waals surface area contributed by atoms with Gasteiger partial charge in [0.2, 0.25) is 0 Å². The third kappa shape index (κ3) is 6.16. The Bertz CT molecular complexity index is 3150. The van der Waals surface area contributed by atoms with Crippen molar-refractivity contribution < 1.29 is 8.83 Å². The lowest BCUT2D eigenvalue weighted by Crippen LogP contribution is -2.09. The average Bonchev–Trinajstić information content (AvgIpc) is 3.86. The fraction of sp³-hybridized carbons (Fsp3) is 0.0357. The van der Waals surface area contributed by atoms with Gasteiger partial charge in [-0.3, -0.25) is 0 Å². The van der Waals surface area contributed by atoms with E-state index in [4.69, 9.17) is 8.83 Å². The van der Waals surface area contributed by atoms with Gasteiger partial charge in [0, 0.05) is 49.7 Å². The van der Waals surface area contributed by atoms with E-state index >= 15 is 0 Å². The fourth-order valence-electron chi connectivity index (χ4n) is 8.80. The Kier molecular flexibility index (Phi) is 8.27. The van der Waals surface area contributed by atoms with Gasteiger partial charge >= 0.3 is 0 Å². The first-order chi connectivity index (χ1) is 29.0. The number of rotatable bonds is 7. The molecule has 0 saturated carbocycles. The molecule has 0 saturated heterocycles. The number of hydrogen-bond donors (Lipinski definition) is 0. The van der Waals surface area contributed by atoms with Crippen LogP contribution in [0.5, 0.6) is 0 Å². The third-order valence-electron chi connectivity index (χ3n) is 11.6. The van der Waals surface area contributed by atoms with Crippen molar-refractivity contribution >= 4 is 60.9 Å². The Morgan fingerprint density at radius 3 is 1.20 bits per heavy atom. The molecule has 59 heavy (non-hydrogen) atoms. The van der Waals surface area contributed by atoms with Crippen LogP contribution < -0.4 is 4.90 Å². The first-order valence-electron chi connectivity index (χ1n) is 20.1. The molecule has 3 heteroatoms. The summed E-state index contributed by atoms with van der Waals surface area (Å²) in [4.78, 5) is 2.33. The molecule has 0 spiro atoms. The zero-order chi connectivity index (χ0) is 39.5. The van der Waals surface area contributed by atoms with Gasteiger partial charge in [-0.05, 0) is 102 Å². The third-order valence-corrected chi connectivity index (χ3v) is 11.6. The molecule has 0 fully saturated rings. The lowest BCUT2D eigenvalue weighted by atomic mass is 9.96. The van der Waals surface area contributed by atoms with Crippen LogP contribution in [0.1, 0.15) is 11.1 Å². The largest absolute Gasteiger partial charge is 0.455 e. The number of nitrogens with zero attached hydrogens (tertiary/aromatic N) is 1. The molecule has 11 aromatic rings. The Morgan fingerprint density at radius 2 is 0.712 bits per heavy atom. The van der Waals surface area contributed by atoms with Gasteiger partial charge in [-0.15, -0.1) is 0 Å². The van der Waals surface area contributed by atoms with E-state index < -0.39 is 0 Å². The van der Waals surface area contributed by atoms with Crippen molar-refractivity contribution in [2.45, 2.75) is 13.8 Å². The van der Waals surface area contributed by atoms with Gasteiger partial charge in [0.15, 0.2) is 0 Å². The Hall–Kier alpha value is -7.62. The predicted octanol–water partition coefficient (Wildman–Crippen LogP) is 16.2. The molecular weight excluding hydrogens is 719 g/mol. The molecule has 0 aliphatic heterocycles. The lowest BCUT2D eigenvalue weighted by molar-refractivity contribution is 0.669. The normalized spacial score (nSPS) is 11.6.